The van der Waals surface area contributed by atoms with Gasteiger partial charge in [0.05, 0.1) is 23.9 Å². The molecule has 1 atom stereocenters. The number of aryl methyl sites for hydroxylation is 1. The lowest BCUT2D eigenvalue weighted by atomic mass is 9.87. The highest BCUT2D eigenvalue weighted by molar-refractivity contribution is 6.08. The number of hydrogen-bond donors (Lipinski definition) is 1. The van der Waals surface area contributed by atoms with Crippen LogP contribution in [0.15, 0.2) is 30.3 Å². The van der Waals surface area contributed by atoms with Crippen molar-refractivity contribution in [3.8, 4) is 5.75 Å². The third kappa shape index (κ3) is 3.37. The van der Waals surface area contributed by atoms with Crippen LogP contribution in [0.3, 0.4) is 0 Å². The first kappa shape index (κ1) is 22.6. The minimum Gasteiger partial charge on any atom is -0.494 e. The number of carboxylic acids is 1. The standard InChI is InChI=1S/C27H28N4O5/c1-14(32)30-12-17(13-30)18-5-4-6-19-22(26(33)31(23(18)19)11-15-7-8-15)25-28-20-9-16(27(34)35)10-21(36-3)24(20)29(25)2/h4-6,9-10,15,17,22H,7-8,11-13H2,1-3H3,(H,34,35). The van der Waals surface area contributed by atoms with Crippen molar-refractivity contribution in [1.29, 1.82) is 0 Å². The highest BCUT2D eigenvalue weighted by atomic mass is 16.5. The molecule has 2 fully saturated rings. The second-order valence-electron chi connectivity index (χ2n) is 10.1. The van der Waals surface area contributed by atoms with Gasteiger partial charge in [-0.25, -0.2) is 9.78 Å². The van der Waals surface area contributed by atoms with Gasteiger partial charge in [0.1, 0.15) is 23.0 Å². The maximum atomic E-state index is 14.0. The average Bonchev–Trinajstić information content (AvgIpc) is 3.52. The number of amides is 2. The molecule has 1 saturated carbocycles. The minimum absolute atomic E-state index is 0.0112. The van der Waals surface area contributed by atoms with Gasteiger partial charge >= 0.3 is 5.97 Å². The number of rotatable bonds is 6. The summed E-state index contributed by atoms with van der Waals surface area (Å²) in [5.41, 5.74) is 4.19. The summed E-state index contributed by atoms with van der Waals surface area (Å²) in [6.07, 6.45) is 2.24. The van der Waals surface area contributed by atoms with Crippen molar-refractivity contribution in [2.75, 3.05) is 31.6 Å². The van der Waals surface area contributed by atoms with Crippen molar-refractivity contribution in [3.63, 3.8) is 0 Å². The zero-order valence-electron chi connectivity index (χ0n) is 20.5. The number of hydrogen-bond acceptors (Lipinski definition) is 5. The molecule has 2 aliphatic heterocycles. The summed E-state index contributed by atoms with van der Waals surface area (Å²) >= 11 is 0. The number of carboxylic acid groups (broad SMARTS) is 1. The first-order valence-electron chi connectivity index (χ1n) is 12.3. The van der Waals surface area contributed by atoms with E-state index in [4.69, 9.17) is 9.72 Å². The average molecular weight is 489 g/mol. The fourth-order valence-electron chi connectivity index (χ4n) is 5.64. The van der Waals surface area contributed by atoms with Gasteiger partial charge in [0.15, 0.2) is 0 Å². The Morgan fingerprint density at radius 3 is 2.53 bits per heavy atom. The number of nitrogens with zero attached hydrogens (tertiary/aromatic N) is 4. The maximum Gasteiger partial charge on any atom is 0.335 e. The second-order valence-corrected chi connectivity index (χ2v) is 10.1. The van der Waals surface area contributed by atoms with Crippen LogP contribution >= 0.6 is 0 Å². The van der Waals surface area contributed by atoms with Gasteiger partial charge in [0.2, 0.25) is 11.8 Å². The molecule has 3 aromatic rings. The molecule has 1 unspecified atom stereocenters. The fraction of sp³-hybridized carbons (Fsp3) is 0.407. The van der Waals surface area contributed by atoms with Crippen molar-refractivity contribution in [1.82, 2.24) is 14.5 Å². The summed E-state index contributed by atoms with van der Waals surface area (Å²) in [6, 6.07) is 9.06. The Morgan fingerprint density at radius 1 is 1.17 bits per heavy atom. The topological polar surface area (TPSA) is 105 Å². The number of imidazole rings is 1. The fourth-order valence-corrected chi connectivity index (χ4v) is 5.64. The molecule has 2 amide bonds. The van der Waals surface area contributed by atoms with Crippen molar-refractivity contribution in [2.45, 2.75) is 31.6 Å². The molecule has 1 N–H and O–H groups in total. The number of benzene rings is 2. The first-order chi connectivity index (χ1) is 17.3. The minimum atomic E-state index is -1.06. The van der Waals surface area contributed by atoms with Crippen LogP contribution in [0, 0.1) is 5.92 Å². The summed E-state index contributed by atoms with van der Waals surface area (Å²) in [4.78, 5) is 46.0. The van der Waals surface area contributed by atoms with E-state index >= 15 is 0 Å². The van der Waals surface area contributed by atoms with E-state index in [9.17, 15) is 19.5 Å². The Bertz CT molecular complexity index is 1430. The van der Waals surface area contributed by atoms with Crippen LogP contribution in [0.2, 0.25) is 0 Å². The number of carbonyl (C=O) groups is 3. The molecule has 1 aliphatic carbocycles. The van der Waals surface area contributed by atoms with E-state index in [0.29, 0.717) is 48.2 Å². The summed E-state index contributed by atoms with van der Waals surface area (Å²) in [7, 11) is 3.33. The van der Waals surface area contributed by atoms with E-state index in [2.05, 4.69) is 6.07 Å². The van der Waals surface area contributed by atoms with E-state index in [0.717, 1.165) is 29.7 Å². The Labute approximate surface area is 208 Å². The SMILES string of the molecule is COc1cc(C(=O)O)cc2nc(C3C(=O)N(CC4CC4)c4c(C5CN(C(C)=O)C5)cccc43)n(C)c12. The van der Waals surface area contributed by atoms with Gasteiger partial charge in [-0.2, -0.15) is 0 Å². The van der Waals surface area contributed by atoms with Crippen LogP contribution in [0.1, 0.15) is 58.9 Å². The number of aromatic nitrogens is 2. The predicted molar refractivity (Wildman–Crippen MR) is 133 cm³/mol. The van der Waals surface area contributed by atoms with Gasteiger partial charge in [-0.3, -0.25) is 9.59 Å². The highest BCUT2D eigenvalue weighted by Crippen LogP contribution is 2.48. The van der Waals surface area contributed by atoms with Crippen molar-refractivity contribution < 1.29 is 24.2 Å². The van der Waals surface area contributed by atoms with Crippen LogP contribution in [0.4, 0.5) is 5.69 Å². The Kier molecular flexibility index (Phi) is 5.07. The third-order valence-corrected chi connectivity index (χ3v) is 7.79. The van der Waals surface area contributed by atoms with E-state index in [1.54, 1.807) is 6.92 Å². The molecule has 2 aromatic carbocycles. The number of likely N-dealkylation sites (tertiary alicyclic amines) is 1. The molecule has 186 valence electrons. The number of para-hydroxylation sites is 1. The van der Waals surface area contributed by atoms with Gasteiger partial charge in [0, 0.05) is 39.5 Å². The monoisotopic (exact) mass is 488 g/mol. The number of methoxy groups -OCH3 is 1. The largest absolute Gasteiger partial charge is 0.494 e. The molecule has 3 heterocycles. The Morgan fingerprint density at radius 2 is 1.89 bits per heavy atom. The molecule has 9 nitrogen and oxygen atoms in total. The van der Waals surface area contributed by atoms with Gasteiger partial charge in [-0.05, 0) is 42.0 Å². The van der Waals surface area contributed by atoms with Crippen LogP contribution in [0.5, 0.6) is 5.75 Å². The molecular formula is C27H28N4O5. The molecule has 36 heavy (non-hydrogen) atoms. The number of fused-ring (bicyclic) bond motifs is 2. The van der Waals surface area contributed by atoms with Crippen molar-refractivity contribution in [2.24, 2.45) is 13.0 Å². The Balaban J connectivity index is 1.49. The lowest BCUT2D eigenvalue weighted by molar-refractivity contribution is -0.133. The van der Waals surface area contributed by atoms with Crippen molar-refractivity contribution >= 4 is 34.5 Å². The van der Waals surface area contributed by atoms with Crippen LogP contribution in [0.25, 0.3) is 11.0 Å². The van der Waals surface area contributed by atoms with Crippen LogP contribution < -0.4 is 9.64 Å². The van der Waals surface area contributed by atoms with Crippen LogP contribution in [-0.4, -0.2) is 64.1 Å². The Hall–Kier alpha value is -3.88. The first-order valence-corrected chi connectivity index (χ1v) is 12.3. The lowest BCUT2D eigenvalue weighted by Gasteiger charge is -2.40. The number of anilines is 1. The summed E-state index contributed by atoms with van der Waals surface area (Å²) in [6.45, 7) is 3.58. The summed E-state index contributed by atoms with van der Waals surface area (Å²) < 4.78 is 7.35. The third-order valence-electron chi connectivity index (χ3n) is 7.79. The van der Waals surface area contributed by atoms with E-state index in [1.165, 1.54) is 19.2 Å². The maximum absolute atomic E-state index is 14.0. The summed E-state index contributed by atoms with van der Waals surface area (Å²) in [5, 5.41) is 9.54. The van der Waals surface area contributed by atoms with Gasteiger partial charge in [-0.15, -0.1) is 0 Å². The zero-order chi connectivity index (χ0) is 25.3. The molecule has 0 spiro atoms. The van der Waals surface area contributed by atoms with Gasteiger partial charge in [0.25, 0.3) is 0 Å². The molecule has 1 aromatic heterocycles. The molecule has 9 heteroatoms. The van der Waals surface area contributed by atoms with Gasteiger partial charge < -0.3 is 24.2 Å². The predicted octanol–water partition coefficient (Wildman–Crippen LogP) is 3.11. The quantitative estimate of drug-likeness (QED) is 0.572. The van der Waals surface area contributed by atoms with E-state index in [-0.39, 0.29) is 23.3 Å². The van der Waals surface area contributed by atoms with Crippen molar-refractivity contribution in [3.05, 3.63) is 52.8 Å². The van der Waals surface area contributed by atoms with E-state index < -0.39 is 11.9 Å². The molecule has 1 saturated heterocycles. The van der Waals surface area contributed by atoms with Gasteiger partial charge in [-0.1, -0.05) is 18.2 Å². The number of aromatic carboxylic acids is 1. The van der Waals surface area contributed by atoms with Crippen LogP contribution in [-0.2, 0) is 16.6 Å². The number of ether oxygens (including phenoxy) is 1. The number of carbonyl (C=O) groups excluding carboxylic acids is 2. The second kappa shape index (κ2) is 8.08. The molecule has 6 rings (SSSR count). The molecular weight excluding hydrogens is 460 g/mol. The highest BCUT2D eigenvalue weighted by Gasteiger charge is 2.46. The van der Waals surface area contributed by atoms with E-state index in [1.807, 2.05) is 33.5 Å². The molecule has 0 bridgehead atoms. The molecule has 0 radical (unpaired) electrons. The lowest BCUT2D eigenvalue weighted by Crippen LogP contribution is -2.47. The summed E-state index contributed by atoms with van der Waals surface area (Å²) in [5.74, 6) is 0.0480. The zero-order valence-corrected chi connectivity index (χ0v) is 20.5. The normalized spacial score (nSPS) is 19.5. The smallest absolute Gasteiger partial charge is 0.335 e. The molecule has 3 aliphatic rings.